The molecular formula is C9H12N2O2S. The molecule has 0 saturated carbocycles. The molecule has 0 aromatic rings. The van der Waals surface area contributed by atoms with Gasteiger partial charge < -0.3 is 5.32 Å². The number of allylic oxidation sites excluding steroid dienone is 1. The minimum atomic E-state index is -0.511. The molecule has 2 atom stereocenters. The zero-order valence-corrected chi connectivity index (χ0v) is 8.71. The number of thioether (sulfide) groups is 1. The molecule has 2 heterocycles. The molecule has 2 unspecified atom stereocenters. The quantitative estimate of drug-likeness (QED) is 0.409. The highest BCUT2D eigenvalue weighted by atomic mass is 32.2. The van der Waals surface area contributed by atoms with Gasteiger partial charge in [-0.05, 0) is 12.8 Å². The van der Waals surface area contributed by atoms with Crippen LogP contribution in [0.15, 0.2) is 17.3 Å². The van der Waals surface area contributed by atoms with Gasteiger partial charge in [-0.2, -0.15) is 0 Å². The van der Waals surface area contributed by atoms with Crippen LogP contribution in [0.1, 0.15) is 12.8 Å². The van der Waals surface area contributed by atoms with Crippen LogP contribution in [0.4, 0.5) is 4.79 Å². The first-order chi connectivity index (χ1) is 6.79. The fourth-order valence-corrected chi connectivity index (χ4v) is 2.75. The molecule has 2 aliphatic heterocycles. The molecule has 4 nitrogen and oxygen atoms in total. The SMILES string of the molecule is CNC(=O)O/N=C1/SC2C=CC1CC2. The normalized spacial score (nSPS) is 31.9. The number of nitrogens with zero attached hydrogens (tertiary/aromatic N) is 1. The van der Waals surface area contributed by atoms with Gasteiger partial charge in [-0.1, -0.05) is 29.1 Å². The summed E-state index contributed by atoms with van der Waals surface area (Å²) in [4.78, 5) is 15.5. The third-order valence-electron chi connectivity index (χ3n) is 2.33. The van der Waals surface area contributed by atoms with Crippen molar-refractivity contribution in [3.8, 4) is 0 Å². The molecule has 2 bridgehead atoms. The molecular weight excluding hydrogens is 200 g/mol. The van der Waals surface area contributed by atoms with Crippen molar-refractivity contribution >= 4 is 22.9 Å². The van der Waals surface area contributed by atoms with Crippen molar-refractivity contribution in [2.24, 2.45) is 11.1 Å². The van der Waals surface area contributed by atoms with Gasteiger partial charge in [-0.25, -0.2) is 4.79 Å². The Balaban J connectivity index is 1.99. The molecule has 76 valence electrons. The molecule has 1 N–H and O–H groups in total. The highest BCUT2D eigenvalue weighted by Crippen LogP contribution is 2.38. The fraction of sp³-hybridized carbons (Fsp3) is 0.556. The van der Waals surface area contributed by atoms with Gasteiger partial charge in [0.1, 0.15) is 5.04 Å². The first kappa shape index (κ1) is 9.58. The number of carbonyl (C=O) groups is 1. The number of nitrogens with one attached hydrogen (secondary N) is 1. The van der Waals surface area contributed by atoms with Crippen molar-refractivity contribution in [1.82, 2.24) is 5.32 Å². The van der Waals surface area contributed by atoms with Crippen molar-refractivity contribution in [3.05, 3.63) is 12.2 Å². The molecule has 1 aliphatic carbocycles. The number of fused-ring (bicyclic) bond motifs is 2. The minimum Gasteiger partial charge on any atom is -0.323 e. The standard InChI is InChI=1S/C9H12N2O2S/c1-10-9(12)13-11-8-6-2-4-7(14-8)5-3-6/h2,4,6-7H,3,5H2,1H3,(H,10,12)/b11-8+. The maximum absolute atomic E-state index is 10.8. The number of amides is 1. The second kappa shape index (κ2) is 4.04. The van der Waals surface area contributed by atoms with E-state index in [4.69, 9.17) is 0 Å². The first-order valence-electron chi connectivity index (χ1n) is 4.61. The Morgan fingerprint density at radius 1 is 1.64 bits per heavy atom. The van der Waals surface area contributed by atoms with Gasteiger partial charge in [-0.15, -0.1) is 0 Å². The van der Waals surface area contributed by atoms with Gasteiger partial charge in [0.15, 0.2) is 0 Å². The van der Waals surface area contributed by atoms with Crippen molar-refractivity contribution in [3.63, 3.8) is 0 Å². The monoisotopic (exact) mass is 212 g/mol. The molecule has 1 amide bonds. The van der Waals surface area contributed by atoms with E-state index in [1.54, 1.807) is 11.8 Å². The van der Waals surface area contributed by atoms with E-state index in [2.05, 4.69) is 27.5 Å². The number of hydrogen-bond donors (Lipinski definition) is 1. The van der Waals surface area contributed by atoms with Gasteiger partial charge in [0.2, 0.25) is 0 Å². The van der Waals surface area contributed by atoms with Crippen LogP contribution in [0.25, 0.3) is 0 Å². The zero-order valence-electron chi connectivity index (χ0n) is 7.90. The average Bonchev–Trinajstić information content (AvgIpc) is 2.27. The second-order valence-corrected chi connectivity index (χ2v) is 4.54. The maximum atomic E-state index is 10.8. The van der Waals surface area contributed by atoms with E-state index in [0.29, 0.717) is 11.2 Å². The fourth-order valence-electron chi connectivity index (χ4n) is 1.56. The van der Waals surface area contributed by atoms with Crippen LogP contribution in [0.3, 0.4) is 0 Å². The van der Waals surface area contributed by atoms with Crippen LogP contribution >= 0.6 is 11.8 Å². The highest BCUT2D eigenvalue weighted by Gasteiger charge is 2.29. The summed E-state index contributed by atoms with van der Waals surface area (Å²) in [7, 11) is 1.52. The summed E-state index contributed by atoms with van der Waals surface area (Å²) in [6.07, 6.45) is 6.16. The summed E-state index contributed by atoms with van der Waals surface area (Å²) >= 11 is 1.69. The van der Waals surface area contributed by atoms with Crippen LogP contribution < -0.4 is 5.32 Å². The molecule has 1 fully saturated rings. The summed E-state index contributed by atoms with van der Waals surface area (Å²) in [5.74, 6) is 0.356. The van der Waals surface area contributed by atoms with Crippen LogP contribution in [0.5, 0.6) is 0 Å². The first-order valence-corrected chi connectivity index (χ1v) is 5.49. The number of rotatable bonds is 1. The third-order valence-corrected chi connectivity index (χ3v) is 3.65. The predicted molar refractivity (Wildman–Crippen MR) is 56.2 cm³/mol. The summed E-state index contributed by atoms with van der Waals surface area (Å²) in [5, 5.41) is 7.65. The van der Waals surface area contributed by atoms with Crippen molar-refractivity contribution in [2.45, 2.75) is 18.1 Å². The third kappa shape index (κ3) is 1.92. The minimum absolute atomic E-state index is 0.356. The molecule has 3 rings (SSSR count). The summed E-state index contributed by atoms with van der Waals surface area (Å²) < 4.78 is 0. The van der Waals surface area contributed by atoms with E-state index in [-0.39, 0.29) is 0 Å². The molecule has 0 aromatic heterocycles. The van der Waals surface area contributed by atoms with Gasteiger partial charge >= 0.3 is 6.09 Å². The van der Waals surface area contributed by atoms with Crippen molar-refractivity contribution in [1.29, 1.82) is 0 Å². The van der Waals surface area contributed by atoms with E-state index in [1.807, 2.05) is 0 Å². The number of hydrogen-bond acceptors (Lipinski definition) is 4. The van der Waals surface area contributed by atoms with Gasteiger partial charge in [-0.3, -0.25) is 4.84 Å². The van der Waals surface area contributed by atoms with Gasteiger partial charge in [0.25, 0.3) is 0 Å². The van der Waals surface area contributed by atoms with E-state index >= 15 is 0 Å². The molecule has 5 heteroatoms. The lowest BCUT2D eigenvalue weighted by Crippen LogP contribution is -2.26. The Morgan fingerprint density at radius 2 is 2.50 bits per heavy atom. The zero-order chi connectivity index (χ0) is 9.97. The van der Waals surface area contributed by atoms with E-state index in [0.717, 1.165) is 11.5 Å². The number of carbonyl (C=O) groups excluding carboxylic acids is 1. The molecule has 14 heavy (non-hydrogen) atoms. The van der Waals surface area contributed by atoms with Crippen molar-refractivity contribution in [2.75, 3.05) is 7.05 Å². The molecule has 1 saturated heterocycles. The topological polar surface area (TPSA) is 50.7 Å². The lowest BCUT2D eigenvalue weighted by Gasteiger charge is -2.30. The van der Waals surface area contributed by atoms with E-state index < -0.39 is 6.09 Å². The Kier molecular flexibility index (Phi) is 2.77. The smallest absolute Gasteiger partial charge is 0.323 e. The Morgan fingerprint density at radius 3 is 3.00 bits per heavy atom. The highest BCUT2D eigenvalue weighted by molar-refractivity contribution is 8.14. The molecule has 3 aliphatic rings. The van der Waals surface area contributed by atoms with Gasteiger partial charge in [0.05, 0.1) is 0 Å². The summed E-state index contributed by atoms with van der Waals surface area (Å²) in [5.41, 5.74) is 0. The predicted octanol–water partition coefficient (Wildman–Crippen LogP) is 1.74. The Bertz CT molecular complexity index is 301. The van der Waals surface area contributed by atoms with E-state index in [9.17, 15) is 4.79 Å². The Labute approximate surface area is 86.8 Å². The van der Waals surface area contributed by atoms with Crippen LogP contribution in [-0.4, -0.2) is 23.4 Å². The molecule has 0 radical (unpaired) electrons. The molecule has 0 aromatic carbocycles. The average molecular weight is 212 g/mol. The molecule has 0 spiro atoms. The second-order valence-electron chi connectivity index (χ2n) is 3.28. The number of oxime groups is 1. The summed E-state index contributed by atoms with van der Waals surface area (Å²) in [6.45, 7) is 0. The van der Waals surface area contributed by atoms with E-state index in [1.165, 1.54) is 13.5 Å². The van der Waals surface area contributed by atoms with Gasteiger partial charge in [0, 0.05) is 18.2 Å². The van der Waals surface area contributed by atoms with Crippen LogP contribution in [0.2, 0.25) is 0 Å². The van der Waals surface area contributed by atoms with Crippen molar-refractivity contribution < 1.29 is 9.63 Å². The Hall–Kier alpha value is -0.970. The van der Waals surface area contributed by atoms with Crippen LogP contribution in [-0.2, 0) is 4.84 Å². The lowest BCUT2D eigenvalue weighted by molar-refractivity contribution is 0.153. The lowest BCUT2D eigenvalue weighted by atomic mass is 9.96. The maximum Gasteiger partial charge on any atom is 0.433 e. The largest absolute Gasteiger partial charge is 0.433 e. The van der Waals surface area contributed by atoms with Crippen LogP contribution in [0, 0.1) is 5.92 Å². The summed E-state index contributed by atoms with van der Waals surface area (Å²) in [6, 6.07) is 0.